The quantitative estimate of drug-likeness (QED) is 0.269. The lowest BCUT2D eigenvalue weighted by molar-refractivity contribution is 0.121. The van der Waals surface area contributed by atoms with E-state index >= 15 is 0 Å². The minimum absolute atomic E-state index is 0.496. The Bertz CT molecular complexity index is 1390. The molecule has 4 aromatic rings. The number of hydrogen-bond acceptors (Lipinski definition) is 9. The molecule has 9 nitrogen and oxygen atoms in total. The predicted molar refractivity (Wildman–Crippen MR) is 154 cm³/mol. The smallest absolute Gasteiger partial charge is 0.229 e. The van der Waals surface area contributed by atoms with Crippen LogP contribution >= 0.6 is 0 Å². The molecule has 0 aliphatic carbocycles. The molecule has 2 aliphatic heterocycles. The van der Waals surface area contributed by atoms with E-state index in [1.54, 1.807) is 6.21 Å². The first-order valence-electron chi connectivity index (χ1n) is 13.3. The maximum Gasteiger partial charge on any atom is 0.229 e. The first-order valence-corrected chi connectivity index (χ1v) is 13.3. The number of anilines is 3. The van der Waals surface area contributed by atoms with Gasteiger partial charge in [-0.2, -0.15) is 15.1 Å². The summed E-state index contributed by atoms with van der Waals surface area (Å²) in [6.07, 6.45) is 1.77. The SMILES string of the molecule is C(=NNc1cc(N2CCOCC2)nc(N2CCOCC2)n1)c1cccc(OCc2cccc3ccccc23)c1. The number of aromatic nitrogens is 2. The van der Waals surface area contributed by atoms with Crippen LogP contribution in [0.5, 0.6) is 5.75 Å². The van der Waals surface area contributed by atoms with E-state index in [-0.39, 0.29) is 0 Å². The molecule has 3 aromatic carbocycles. The van der Waals surface area contributed by atoms with Gasteiger partial charge in [-0.1, -0.05) is 54.6 Å². The van der Waals surface area contributed by atoms with E-state index in [0.29, 0.717) is 44.8 Å². The van der Waals surface area contributed by atoms with Crippen molar-refractivity contribution in [2.45, 2.75) is 6.61 Å². The molecule has 0 radical (unpaired) electrons. The van der Waals surface area contributed by atoms with Gasteiger partial charge in [-0.3, -0.25) is 5.43 Å². The Kier molecular flexibility index (Phi) is 7.79. The van der Waals surface area contributed by atoms with Crippen LogP contribution in [0.1, 0.15) is 11.1 Å². The van der Waals surface area contributed by atoms with Gasteiger partial charge in [0.15, 0.2) is 5.82 Å². The fourth-order valence-electron chi connectivity index (χ4n) is 4.78. The highest BCUT2D eigenvalue weighted by molar-refractivity contribution is 5.85. The topological polar surface area (TPSA) is 84.3 Å². The highest BCUT2D eigenvalue weighted by Gasteiger charge is 2.19. The second-order valence-electron chi connectivity index (χ2n) is 9.48. The molecular formula is C30H32N6O3. The van der Waals surface area contributed by atoms with Crippen molar-refractivity contribution in [3.63, 3.8) is 0 Å². The number of hydrogen-bond donors (Lipinski definition) is 1. The Morgan fingerprint density at radius 3 is 2.41 bits per heavy atom. The van der Waals surface area contributed by atoms with Gasteiger partial charge in [0.05, 0.1) is 32.6 Å². The second-order valence-corrected chi connectivity index (χ2v) is 9.48. The Morgan fingerprint density at radius 2 is 1.56 bits per heavy atom. The molecule has 1 N–H and O–H groups in total. The van der Waals surface area contributed by atoms with Crippen molar-refractivity contribution in [2.75, 3.05) is 67.8 Å². The van der Waals surface area contributed by atoms with Crippen LogP contribution in [0.25, 0.3) is 10.8 Å². The van der Waals surface area contributed by atoms with Gasteiger partial charge < -0.3 is 24.0 Å². The molecule has 6 rings (SSSR count). The fraction of sp³-hybridized carbons (Fsp3) is 0.300. The molecular weight excluding hydrogens is 492 g/mol. The molecule has 0 unspecified atom stereocenters. The van der Waals surface area contributed by atoms with E-state index in [1.807, 2.05) is 30.3 Å². The van der Waals surface area contributed by atoms with Crippen LogP contribution in [0.15, 0.2) is 77.9 Å². The summed E-state index contributed by atoms with van der Waals surface area (Å²) in [4.78, 5) is 14.0. The van der Waals surface area contributed by atoms with E-state index in [4.69, 9.17) is 24.2 Å². The lowest BCUT2D eigenvalue weighted by Crippen LogP contribution is -2.39. The van der Waals surface area contributed by atoms with Crippen LogP contribution < -0.4 is 20.0 Å². The molecule has 0 atom stereocenters. The lowest BCUT2D eigenvalue weighted by Gasteiger charge is -2.31. The van der Waals surface area contributed by atoms with E-state index in [0.717, 1.165) is 48.9 Å². The zero-order valence-electron chi connectivity index (χ0n) is 21.8. The third kappa shape index (κ3) is 6.27. The number of rotatable bonds is 8. The number of ether oxygens (including phenoxy) is 3. The van der Waals surface area contributed by atoms with Crippen LogP contribution in [-0.2, 0) is 16.1 Å². The molecule has 0 bridgehead atoms. The van der Waals surface area contributed by atoms with Gasteiger partial charge in [-0.25, -0.2) is 0 Å². The minimum Gasteiger partial charge on any atom is -0.489 e. The van der Waals surface area contributed by atoms with Gasteiger partial charge in [0, 0.05) is 32.2 Å². The molecule has 9 heteroatoms. The zero-order chi connectivity index (χ0) is 26.3. The molecule has 0 spiro atoms. The summed E-state index contributed by atoms with van der Waals surface area (Å²) < 4.78 is 17.2. The summed E-state index contributed by atoms with van der Waals surface area (Å²) in [5.41, 5.74) is 5.19. The van der Waals surface area contributed by atoms with Gasteiger partial charge >= 0.3 is 0 Å². The number of benzene rings is 3. The maximum atomic E-state index is 6.14. The molecule has 2 fully saturated rings. The number of hydrazone groups is 1. The summed E-state index contributed by atoms with van der Waals surface area (Å²) in [6.45, 7) is 6.35. The predicted octanol–water partition coefficient (Wildman–Crippen LogP) is 4.33. The zero-order valence-corrected chi connectivity index (χ0v) is 21.8. The summed E-state index contributed by atoms with van der Waals surface area (Å²) in [5, 5.41) is 6.90. The van der Waals surface area contributed by atoms with Gasteiger partial charge in [0.1, 0.15) is 18.2 Å². The van der Waals surface area contributed by atoms with Crippen LogP contribution in [0, 0.1) is 0 Å². The van der Waals surface area contributed by atoms with Crippen molar-refractivity contribution in [3.8, 4) is 5.75 Å². The van der Waals surface area contributed by atoms with Crippen molar-refractivity contribution in [1.29, 1.82) is 0 Å². The number of nitrogens with one attached hydrogen (secondary N) is 1. The molecule has 1 aromatic heterocycles. The highest BCUT2D eigenvalue weighted by atomic mass is 16.5. The monoisotopic (exact) mass is 524 g/mol. The second kappa shape index (κ2) is 12.1. The Labute approximate surface area is 228 Å². The average Bonchev–Trinajstić information content (AvgIpc) is 3.01. The maximum absolute atomic E-state index is 6.14. The molecule has 39 heavy (non-hydrogen) atoms. The van der Waals surface area contributed by atoms with E-state index in [1.165, 1.54) is 10.8 Å². The molecule has 0 amide bonds. The number of morpholine rings is 2. The van der Waals surface area contributed by atoms with Crippen molar-refractivity contribution in [3.05, 3.63) is 83.9 Å². The van der Waals surface area contributed by atoms with Crippen LogP contribution in [0.3, 0.4) is 0 Å². The van der Waals surface area contributed by atoms with Gasteiger partial charge in [-0.15, -0.1) is 0 Å². The summed E-state index contributed by atoms with van der Waals surface area (Å²) in [6, 6.07) is 24.5. The molecule has 3 heterocycles. The van der Waals surface area contributed by atoms with Crippen LogP contribution in [0.2, 0.25) is 0 Å². The standard InChI is InChI=1S/C30H32N6O3/c1-2-10-27-24(6-1)7-4-8-25(27)22-39-26-9-3-5-23(19-26)21-31-34-28-20-29(35-11-15-37-16-12-35)33-30(32-28)36-13-17-38-18-14-36/h1-10,19-21H,11-18,22H2,(H,32,33,34). The lowest BCUT2D eigenvalue weighted by atomic mass is 10.1. The largest absolute Gasteiger partial charge is 0.489 e. The van der Waals surface area contributed by atoms with Gasteiger partial charge in [-0.05, 0) is 34.0 Å². The fourth-order valence-corrected chi connectivity index (χ4v) is 4.78. The Hall–Kier alpha value is -4.21. The van der Waals surface area contributed by atoms with Crippen molar-refractivity contribution in [1.82, 2.24) is 9.97 Å². The van der Waals surface area contributed by atoms with Gasteiger partial charge in [0.25, 0.3) is 0 Å². The average molecular weight is 525 g/mol. The molecule has 0 saturated carbocycles. The Balaban J connectivity index is 1.15. The third-order valence-corrected chi connectivity index (χ3v) is 6.85. The van der Waals surface area contributed by atoms with Crippen LogP contribution in [-0.4, -0.2) is 68.8 Å². The number of fused-ring (bicyclic) bond motifs is 1. The highest BCUT2D eigenvalue weighted by Crippen LogP contribution is 2.23. The first-order chi connectivity index (χ1) is 19.3. The van der Waals surface area contributed by atoms with Crippen molar-refractivity contribution >= 4 is 34.6 Å². The van der Waals surface area contributed by atoms with E-state index in [9.17, 15) is 0 Å². The van der Waals surface area contributed by atoms with E-state index < -0.39 is 0 Å². The molecule has 2 saturated heterocycles. The summed E-state index contributed by atoms with van der Waals surface area (Å²) in [7, 11) is 0. The Morgan fingerprint density at radius 1 is 0.821 bits per heavy atom. The van der Waals surface area contributed by atoms with E-state index in [2.05, 4.69) is 62.8 Å². The van der Waals surface area contributed by atoms with Gasteiger partial charge in [0.2, 0.25) is 5.95 Å². The molecule has 200 valence electrons. The summed E-state index contributed by atoms with van der Waals surface area (Å²) in [5.74, 6) is 2.99. The minimum atomic E-state index is 0.496. The first kappa shape index (κ1) is 25.1. The molecule has 2 aliphatic rings. The normalized spacial score (nSPS) is 16.1. The summed E-state index contributed by atoms with van der Waals surface area (Å²) >= 11 is 0. The van der Waals surface area contributed by atoms with Crippen molar-refractivity contribution < 1.29 is 14.2 Å². The van der Waals surface area contributed by atoms with Crippen molar-refractivity contribution in [2.24, 2.45) is 5.10 Å². The number of nitrogens with zero attached hydrogens (tertiary/aromatic N) is 5. The van der Waals surface area contributed by atoms with Crippen LogP contribution in [0.4, 0.5) is 17.6 Å². The third-order valence-electron chi connectivity index (χ3n) is 6.85.